The standard InChI is InChI=1S/C29H30ClN9O2/c1-37-6-7-39(27(40)15-37)24-8-18(17-2-3-17)13-38-14-20(35-28(24)38)12-32-25-11-26(34-16-33-25)36-29(41)22-10-21(22)23-9-19(30)4-5-31-23/h4-5,8-9,11,13-14,16-17,21-22H,2-3,6-7,10,12,15H2,1H3,(H2,32,33,34,36,41). The third kappa shape index (κ3) is 5.47. The molecule has 1 aliphatic heterocycles. The molecule has 210 valence electrons. The monoisotopic (exact) mass is 571 g/mol. The topological polar surface area (TPSA) is 121 Å². The average molecular weight is 572 g/mol. The molecule has 2 atom stereocenters. The Balaban J connectivity index is 1.04. The summed E-state index contributed by atoms with van der Waals surface area (Å²) in [5.74, 6) is 1.45. The van der Waals surface area contributed by atoms with Crippen molar-refractivity contribution in [3.05, 3.63) is 71.2 Å². The molecule has 7 rings (SSSR count). The number of hydrogen-bond acceptors (Lipinski definition) is 8. The molecule has 2 aliphatic carbocycles. The molecule has 11 nitrogen and oxygen atoms in total. The van der Waals surface area contributed by atoms with Crippen molar-refractivity contribution in [2.45, 2.75) is 37.6 Å². The summed E-state index contributed by atoms with van der Waals surface area (Å²) in [4.78, 5) is 47.4. The van der Waals surface area contributed by atoms with E-state index in [1.165, 1.54) is 24.7 Å². The maximum absolute atomic E-state index is 12.9. The van der Waals surface area contributed by atoms with Gasteiger partial charge in [0.05, 0.1) is 24.5 Å². The molecule has 5 heterocycles. The van der Waals surface area contributed by atoms with E-state index in [1.54, 1.807) is 18.3 Å². The maximum Gasteiger partial charge on any atom is 0.241 e. The number of aromatic nitrogens is 5. The molecule has 41 heavy (non-hydrogen) atoms. The van der Waals surface area contributed by atoms with Gasteiger partial charge in [-0.15, -0.1) is 0 Å². The van der Waals surface area contributed by atoms with Crippen LogP contribution in [0.1, 0.15) is 48.0 Å². The van der Waals surface area contributed by atoms with Crippen LogP contribution in [0.4, 0.5) is 17.3 Å². The number of likely N-dealkylation sites (N-methyl/N-ethyl adjacent to an activating group) is 1. The van der Waals surface area contributed by atoms with E-state index in [0.717, 1.165) is 35.7 Å². The number of imidazole rings is 1. The summed E-state index contributed by atoms with van der Waals surface area (Å²) in [6.45, 7) is 2.30. The molecule has 0 spiro atoms. The van der Waals surface area contributed by atoms with Crippen molar-refractivity contribution in [1.29, 1.82) is 0 Å². The summed E-state index contributed by atoms with van der Waals surface area (Å²) >= 11 is 6.08. The van der Waals surface area contributed by atoms with Gasteiger partial charge in [-0.05, 0) is 56.0 Å². The minimum atomic E-state index is -0.160. The van der Waals surface area contributed by atoms with Gasteiger partial charge in [0, 0.05) is 60.3 Å². The van der Waals surface area contributed by atoms with Crippen LogP contribution in [-0.4, -0.2) is 67.7 Å². The second-order valence-electron chi connectivity index (χ2n) is 11.2. The van der Waals surface area contributed by atoms with Crippen LogP contribution in [-0.2, 0) is 16.1 Å². The number of anilines is 3. The predicted molar refractivity (Wildman–Crippen MR) is 155 cm³/mol. The fraction of sp³-hybridized carbons (Fsp3) is 0.379. The number of piperazine rings is 1. The molecule has 2 N–H and O–H groups in total. The number of nitrogens with one attached hydrogen (secondary N) is 2. The Morgan fingerprint density at radius 2 is 1.95 bits per heavy atom. The number of carbonyl (C=O) groups is 2. The summed E-state index contributed by atoms with van der Waals surface area (Å²) in [7, 11) is 1.97. The number of rotatable bonds is 8. The van der Waals surface area contributed by atoms with E-state index in [4.69, 9.17) is 16.6 Å². The van der Waals surface area contributed by atoms with Gasteiger partial charge in [0.1, 0.15) is 18.0 Å². The van der Waals surface area contributed by atoms with Crippen LogP contribution < -0.4 is 15.5 Å². The van der Waals surface area contributed by atoms with E-state index in [9.17, 15) is 9.59 Å². The van der Waals surface area contributed by atoms with Gasteiger partial charge in [0.15, 0.2) is 5.65 Å². The van der Waals surface area contributed by atoms with Crippen molar-refractivity contribution >= 4 is 46.4 Å². The smallest absolute Gasteiger partial charge is 0.241 e. The van der Waals surface area contributed by atoms with Gasteiger partial charge in [0.2, 0.25) is 11.8 Å². The van der Waals surface area contributed by atoms with Crippen LogP contribution in [0.2, 0.25) is 5.02 Å². The van der Waals surface area contributed by atoms with Crippen LogP contribution >= 0.6 is 11.6 Å². The molecule has 2 saturated carbocycles. The highest BCUT2D eigenvalue weighted by molar-refractivity contribution is 6.30. The molecule has 1 saturated heterocycles. The molecular weight excluding hydrogens is 542 g/mol. The molecule has 12 heteroatoms. The highest BCUT2D eigenvalue weighted by Gasteiger charge is 2.45. The summed E-state index contributed by atoms with van der Waals surface area (Å²) in [6.07, 6.45) is 10.3. The second kappa shape index (κ2) is 10.4. The molecule has 0 bridgehead atoms. The number of amides is 2. The lowest BCUT2D eigenvalue weighted by atomic mass is 10.1. The summed E-state index contributed by atoms with van der Waals surface area (Å²) in [6, 6.07) is 7.39. The highest BCUT2D eigenvalue weighted by atomic mass is 35.5. The first-order chi connectivity index (χ1) is 19.9. The van der Waals surface area contributed by atoms with Crippen molar-refractivity contribution in [1.82, 2.24) is 29.2 Å². The van der Waals surface area contributed by atoms with Gasteiger partial charge in [-0.25, -0.2) is 15.0 Å². The summed E-state index contributed by atoms with van der Waals surface area (Å²) in [5.41, 5.74) is 4.54. The molecular formula is C29H30ClN9O2. The zero-order chi connectivity index (χ0) is 28.1. The van der Waals surface area contributed by atoms with Crippen molar-refractivity contribution in [2.24, 2.45) is 5.92 Å². The van der Waals surface area contributed by atoms with Crippen LogP contribution in [0.15, 0.2) is 49.2 Å². The number of halogens is 1. The van der Waals surface area contributed by atoms with E-state index in [-0.39, 0.29) is 23.7 Å². The fourth-order valence-electron chi connectivity index (χ4n) is 5.48. The number of hydrogen-bond donors (Lipinski definition) is 2. The summed E-state index contributed by atoms with van der Waals surface area (Å²) < 4.78 is 2.04. The van der Waals surface area contributed by atoms with E-state index in [0.29, 0.717) is 42.2 Å². The van der Waals surface area contributed by atoms with E-state index >= 15 is 0 Å². The first kappa shape index (κ1) is 25.8. The molecule has 0 aromatic carbocycles. The number of carbonyl (C=O) groups excluding carboxylic acids is 2. The molecule has 3 fully saturated rings. The lowest BCUT2D eigenvalue weighted by Crippen LogP contribution is -2.49. The molecule has 4 aromatic heterocycles. The van der Waals surface area contributed by atoms with E-state index in [2.05, 4.69) is 37.8 Å². The fourth-order valence-corrected chi connectivity index (χ4v) is 5.65. The zero-order valence-electron chi connectivity index (χ0n) is 22.6. The highest BCUT2D eigenvalue weighted by Crippen LogP contribution is 2.47. The third-order valence-electron chi connectivity index (χ3n) is 7.97. The molecule has 2 amide bonds. The maximum atomic E-state index is 12.9. The van der Waals surface area contributed by atoms with E-state index < -0.39 is 0 Å². The minimum Gasteiger partial charge on any atom is -0.364 e. The zero-order valence-corrected chi connectivity index (χ0v) is 23.4. The van der Waals surface area contributed by atoms with Crippen molar-refractivity contribution in [2.75, 3.05) is 42.2 Å². The van der Waals surface area contributed by atoms with E-state index in [1.807, 2.05) is 33.5 Å². The predicted octanol–water partition coefficient (Wildman–Crippen LogP) is 3.68. The number of pyridine rings is 2. The number of fused-ring (bicyclic) bond motifs is 1. The molecule has 2 unspecified atom stereocenters. The normalized spacial score (nSPS) is 20.8. The lowest BCUT2D eigenvalue weighted by molar-refractivity contribution is -0.121. The van der Waals surface area contributed by atoms with Gasteiger partial charge < -0.3 is 19.9 Å². The van der Waals surface area contributed by atoms with Crippen molar-refractivity contribution < 1.29 is 9.59 Å². The Bertz CT molecular complexity index is 1650. The minimum absolute atomic E-state index is 0.0645. The molecule has 4 aromatic rings. The molecule has 0 radical (unpaired) electrons. The Morgan fingerprint density at radius 1 is 1.10 bits per heavy atom. The Hall–Kier alpha value is -4.09. The Kier molecular flexibility index (Phi) is 6.55. The Morgan fingerprint density at radius 3 is 2.76 bits per heavy atom. The van der Waals surface area contributed by atoms with Crippen LogP contribution in [0.3, 0.4) is 0 Å². The SMILES string of the molecule is CN1CCN(c2cc(C3CC3)cn3cc(CNc4cc(NC(=O)C5CC5c5cc(Cl)ccn5)ncn4)nc23)C(=O)C1. The van der Waals surface area contributed by atoms with Gasteiger partial charge in [-0.3, -0.25) is 19.5 Å². The lowest BCUT2D eigenvalue weighted by Gasteiger charge is -2.32. The number of nitrogens with zero attached hydrogens (tertiary/aromatic N) is 7. The van der Waals surface area contributed by atoms with Crippen LogP contribution in [0, 0.1) is 5.92 Å². The first-order valence-corrected chi connectivity index (χ1v) is 14.3. The first-order valence-electron chi connectivity index (χ1n) is 13.9. The van der Waals surface area contributed by atoms with Gasteiger partial charge in [0.25, 0.3) is 0 Å². The summed E-state index contributed by atoms with van der Waals surface area (Å²) in [5, 5.41) is 6.81. The van der Waals surface area contributed by atoms with Crippen molar-refractivity contribution in [3.63, 3.8) is 0 Å². The van der Waals surface area contributed by atoms with Crippen LogP contribution in [0.5, 0.6) is 0 Å². The average Bonchev–Trinajstić information content (AvgIpc) is 3.88. The Labute approximate surface area is 242 Å². The van der Waals surface area contributed by atoms with Gasteiger partial charge in [-0.2, -0.15) is 0 Å². The van der Waals surface area contributed by atoms with Gasteiger partial charge >= 0.3 is 0 Å². The molecule has 3 aliphatic rings. The quantitative estimate of drug-likeness (QED) is 0.328. The second-order valence-corrected chi connectivity index (χ2v) is 11.6. The van der Waals surface area contributed by atoms with Gasteiger partial charge in [-0.1, -0.05) is 11.6 Å². The van der Waals surface area contributed by atoms with Crippen LogP contribution in [0.25, 0.3) is 5.65 Å². The third-order valence-corrected chi connectivity index (χ3v) is 8.21. The van der Waals surface area contributed by atoms with Crippen molar-refractivity contribution in [3.8, 4) is 0 Å². The largest absolute Gasteiger partial charge is 0.364 e.